The summed E-state index contributed by atoms with van der Waals surface area (Å²) in [6.45, 7) is 0. The van der Waals surface area contributed by atoms with Crippen molar-refractivity contribution in [3.8, 4) is 102 Å². The minimum absolute atomic E-state index is 0.580. The molecule has 13 rings (SSSR count). The van der Waals surface area contributed by atoms with Crippen LogP contribution in [-0.4, -0.2) is 29.9 Å². The van der Waals surface area contributed by atoms with Crippen LogP contribution in [0.2, 0.25) is 0 Å². The monoisotopic (exact) mass is 932 g/mol. The fourth-order valence-corrected chi connectivity index (χ4v) is 10.5. The third-order valence-corrected chi connectivity index (χ3v) is 13.9. The van der Waals surface area contributed by atoms with E-state index in [1.54, 1.807) is 0 Å². The van der Waals surface area contributed by atoms with Crippen molar-refractivity contribution < 1.29 is 0 Å². The number of benzene rings is 10. The van der Waals surface area contributed by atoms with Crippen LogP contribution in [0.15, 0.2) is 267 Å². The molecule has 0 fully saturated rings. The van der Waals surface area contributed by atoms with Crippen molar-refractivity contribution >= 4 is 0 Å². The lowest BCUT2D eigenvalue weighted by Crippen LogP contribution is -2.28. The maximum atomic E-state index is 5.08. The first-order valence-electron chi connectivity index (χ1n) is 24.5. The Kier molecular flexibility index (Phi) is 11.0. The standard InChI is InChI=1S/C67H44N6/c1-7-21-47(22-8-1)61-68-62(48-23-9-2-10-24-48)71-65(70-61)51-39-35-45(36-40-51)55-43-44-58-60(56-33-19-20-34-57(56)67(58,53-29-15-5-16-30-53)54-31-17-6-18-32-54)59(55)46-37-41-52(42-38-46)66-72-63(49-25-11-3-12-26-49)69-64(73-66)50-27-13-4-14-28-50/h1-44H. The largest absolute Gasteiger partial charge is 0.208 e. The molecule has 342 valence electrons. The van der Waals surface area contributed by atoms with E-state index in [-0.39, 0.29) is 0 Å². The van der Waals surface area contributed by atoms with Crippen LogP contribution in [0.4, 0.5) is 0 Å². The van der Waals surface area contributed by atoms with Gasteiger partial charge in [-0.25, -0.2) is 29.9 Å². The van der Waals surface area contributed by atoms with Crippen molar-refractivity contribution in [1.29, 1.82) is 0 Å². The zero-order chi connectivity index (χ0) is 48.6. The predicted octanol–water partition coefficient (Wildman–Crippen LogP) is 15.8. The Morgan fingerprint density at radius 3 is 0.877 bits per heavy atom. The molecule has 0 amide bonds. The third kappa shape index (κ3) is 7.79. The first-order valence-corrected chi connectivity index (χ1v) is 24.5. The van der Waals surface area contributed by atoms with Crippen LogP contribution in [0.3, 0.4) is 0 Å². The van der Waals surface area contributed by atoms with Crippen LogP contribution in [0.1, 0.15) is 22.3 Å². The van der Waals surface area contributed by atoms with Gasteiger partial charge in [0.15, 0.2) is 34.9 Å². The first kappa shape index (κ1) is 43.3. The molecule has 73 heavy (non-hydrogen) atoms. The lowest BCUT2D eigenvalue weighted by atomic mass is 9.67. The fourth-order valence-electron chi connectivity index (χ4n) is 10.5. The van der Waals surface area contributed by atoms with E-state index in [4.69, 9.17) is 29.9 Å². The van der Waals surface area contributed by atoms with E-state index >= 15 is 0 Å². The number of aromatic nitrogens is 6. The van der Waals surface area contributed by atoms with Crippen LogP contribution in [0.5, 0.6) is 0 Å². The summed E-state index contributed by atoms with van der Waals surface area (Å²) < 4.78 is 0. The normalized spacial score (nSPS) is 12.2. The molecule has 2 heterocycles. The second kappa shape index (κ2) is 18.5. The Labute approximate surface area is 424 Å². The summed E-state index contributed by atoms with van der Waals surface area (Å²) in [4.78, 5) is 30.2. The zero-order valence-corrected chi connectivity index (χ0v) is 39.6. The highest BCUT2D eigenvalue weighted by atomic mass is 15.0. The van der Waals surface area contributed by atoms with Crippen molar-refractivity contribution in [2.75, 3.05) is 0 Å². The molecule has 0 saturated carbocycles. The fraction of sp³-hybridized carbons (Fsp3) is 0.0149. The Balaban J connectivity index is 1.00. The molecule has 0 N–H and O–H groups in total. The molecule has 0 atom stereocenters. The second-order valence-electron chi connectivity index (χ2n) is 18.2. The van der Waals surface area contributed by atoms with Crippen LogP contribution in [0.25, 0.3) is 102 Å². The van der Waals surface area contributed by atoms with Gasteiger partial charge in [-0.2, -0.15) is 0 Å². The van der Waals surface area contributed by atoms with Gasteiger partial charge < -0.3 is 0 Å². The van der Waals surface area contributed by atoms with Gasteiger partial charge in [-0.1, -0.05) is 267 Å². The maximum absolute atomic E-state index is 5.08. The van der Waals surface area contributed by atoms with Crippen molar-refractivity contribution in [1.82, 2.24) is 29.9 Å². The molecule has 1 aliphatic carbocycles. The number of nitrogens with zero attached hydrogens (tertiary/aromatic N) is 6. The number of fused-ring (bicyclic) bond motifs is 3. The van der Waals surface area contributed by atoms with E-state index in [2.05, 4.69) is 146 Å². The SMILES string of the molecule is c1ccc(-c2nc(-c3ccccc3)nc(-c3ccc(-c4ccc5c(c4-c4ccc(-c6nc(-c7ccccc7)nc(-c7ccccc7)n6)cc4)-c4ccccc4C5(c4ccccc4)c4ccccc4)cc3)n2)cc1. The summed E-state index contributed by atoms with van der Waals surface area (Å²) in [5, 5.41) is 0. The van der Waals surface area contributed by atoms with Crippen molar-refractivity contribution in [3.05, 3.63) is 289 Å². The van der Waals surface area contributed by atoms with Gasteiger partial charge in [0.1, 0.15) is 0 Å². The summed E-state index contributed by atoms with van der Waals surface area (Å²) in [5.74, 6) is 3.72. The van der Waals surface area contributed by atoms with E-state index in [0.717, 1.165) is 55.6 Å². The van der Waals surface area contributed by atoms with Gasteiger partial charge in [-0.15, -0.1) is 0 Å². The van der Waals surface area contributed by atoms with E-state index in [0.29, 0.717) is 34.9 Å². The first-order chi connectivity index (χ1) is 36.2. The van der Waals surface area contributed by atoms with Crippen molar-refractivity contribution in [3.63, 3.8) is 0 Å². The van der Waals surface area contributed by atoms with E-state index < -0.39 is 5.41 Å². The summed E-state index contributed by atoms with van der Waals surface area (Å²) >= 11 is 0. The van der Waals surface area contributed by atoms with Gasteiger partial charge in [-0.05, 0) is 55.6 Å². The van der Waals surface area contributed by atoms with Gasteiger partial charge in [0, 0.05) is 33.4 Å². The molecule has 6 heteroatoms. The summed E-state index contributed by atoms with van der Waals surface area (Å²) in [5.41, 5.74) is 16.6. The molecular weight excluding hydrogens is 889 g/mol. The average molecular weight is 933 g/mol. The summed E-state index contributed by atoms with van der Waals surface area (Å²) in [7, 11) is 0. The van der Waals surface area contributed by atoms with Gasteiger partial charge in [0.05, 0.1) is 5.41 Å². The molecule has 0 unspecified atom stereocenters. The second-order valence-corrected chi connectivity index (χ2v) is 18.2. The smallest absolute Gasteiger partial charge is 0.164 e. The van der Waals surface area contributed by atoms with Gasteiger partial charge in [0.25, 0.3) is 0 Å². The molecule has 0 saturated heterocycles. The van der Waals surface area contributed by atoms with Gasteiger partial charge in [-0.3, -0.25) is 0 Å². The number of hydrogen-bond acceptors (Lipinski definition) is 6. The zero-order valence-electron chi connectivity index (χ0n) is 39.6. The minimum atomic E-state index is -0.580. The lowest BCUT2D eigenvalue weighted by molar-refractivity contribution is 0.768. The molecule has 0 radical (unpaired) electrons. The molecule has 2 aromatic heterocycles. The Morgan fingerprint density at radius 2 is 0.493 bits per heavy atom. The summed E-state index contributed by atoms with van der Waals surface area (Å²) in [6.07, 6.45) is 0. The van der Waals surface area contributed by atoms with E-state index in [1.807, 2.05) is 121 Å². The van der Waals surface area contributed by atoms with E-state index in [9.17, 15) is 0 Å². The highest BCUT2D eigenvalue weighted by Gasteiger charge is 2.47. The third-order valence-electron chi connectivity index (χ3n) is 13.9. The summed E-state index contributed by atoms with van der Waals surface area (Å²) in [6, 6.07) is 93.4. The van der Waals surface area contributed by atoms with Gasteiger partial charge in [0.2, 0.25) is 0 Å². The number of rotatable bonds is 10. The average Bonchev–Trinajstić information content (AvgIpc) is 3.82. The lowest BCUT2D eigenvalue weighted by Gasteiger charge is -2.34. The Hall–Kier alpha value is -9.78. The Bertz CT molecular complexity index is 3750. The molecular formula is C67H44N6. The van der Waals surface area contributed by atoms with Crippen LogP contribution in [-0.2, 0) is 5.41 Å². The van der Waals surface area contributed by atoms with Crippen LogP contribution < -0.4 is 0 Å². The van der Waals surface area contributed by atoms with E-state index in [1.165, 1.54) is 33.4 Å². The highest BCUT2D eigenvalue weighted by Crippen LogP contribution is 2.59. The highest BCUT2D eigenvalue weighted by molar-refractivity contribution is 6.02. The quantitative estimate of drug-likeness (QED) is 0.136. The molecule has 0 spiro atoms. The predicted molar refractivity (Wildman–Crippen MR) is 294 cm³/mol. The molecule has 0 bridgehead atoms. The molecule has 12 aromatic rings. The van der Waals surface area contributed by atoms with Crippen LogP contribution >= 0.6 is 0 Å². The topological polar surface area (TPSA) is 77.3 Å². The molecule has 0 aliphatic heterocycles. The van der Waals surface area contributed by atoms with Crippen molar-refractivity contribution in [2.24, 2.45) is 0 Å². The van der Waals surface area contributed by atoms with Crippen molar-refractivity contribution in [2.45, 2.75) is 5.41 Å². The molecule has 1 aliphatic rings. The van der Waals surface area contributed by atoms with Gasteiger partial charge >= 0.3 is 0 Å². The number of hydrogen-bond donors (Lipinski definition) is 0. The molecule has 10 aromatic carbocycles. The Morgan fingerprint density at radius 1 is 0.192 bits per heavy atom. The van der Waals surface area contributed by atoms with Crippen LogP contribution in [0, 0.1) is 0 Å². The molecule has 6 nitrogen and oxygen atoms in total. The minimum Gasteiger partial charge on any atom is -0.208 e. The maximum Gasteiger partial charge on any atom is 0.164 e.